The first kappa shape index (κ1) is 39.2. The monoisotopic (exact) mass is 871 g/mol. The molecule has 0 bridgehead atoms. The second kappa shape index (κ2) is 11.8. The molecular weight excluding hydrogens is 823 g/mol. The van der Waals surface area contributed by atoms with Gasteiger partial charge in [0.15, 0.2) is 0 Å². The van der Waals surface area contributed by atoms with E-state index in [-0.39, 0.29) is 35.0 Å². The molecule has 0 aromatic carbocycles. The van der Waals surface area contributed by atoms with Gasteiger partial charge in [-0.15, -0.1) is 0 Å². The highest BCUT2D eigenvalue weighted by Crippen LogP contribution is 2.68. The standard InChI is InChI=1S/C39H48F6IN7O/c1-12-24(48-33(54)19(4)36(10,11)53-31-28(32(46)50-53)21-15-23(21)39(31,44)45)26-17(2)18(3)37(40,41)29(26)51(47)35(8,9)16-25-27-20-13-14-22(20)38(42,43)30(27)52(49-25)34(5,6)7/h12,17-23H,15-16,47H2,1-11H3,(H,48,54)/b24-12+/t17-,18+,19?,20-,21-,22+,23+/m0/s1. The summed E-state index contributed by atoms with van der Waals surface area (Å²) in [5, 5.41) is 13.0. The molecule has 54 heavy (non-hydrogen) atoms. The molecule has 0 radical (unpaired) electrons. The van der Waals surface area contributed by atoms with Gasteiger partial charge in [0.1, 0.15) is 26.7 Å². The Hall–Kier alpha value is -3.00. The SMILES string of the molecule is C/C=C(/NC(=O)C(C)C(C)(C)n1nc(I)c2c1C(F)(F)[C@@H]1C[C@H]21)C1=C(N(N)C(C)(C)Cc2nn(C(C)(C)C)c3c2[C@H]2C#C[C@H]2C3(F)F)C(F)(F)[C@H](C)[C@@H]1C. The predicted octanol–water partition coefficient (Wildman–Crippen LogP) is 8.23. The Morgan fingerprint density at radius 1 is 1.00 bits per heavy atom. The number of nitrogens with zero attached hydrogens (tertiary/aromatic N) is 5. The third-order valence-corrected chi connectivity index (χ3v) is 13.7. The zero-order valence-electron chi connectivity index (χ0n) is 32.4. The van der Waals surface area contributed by atoms with Crippen molar-refractivity contribution in [2.45, 2.75) is 135 Å². The lowest BCUT2D eigenvalue weighted by atomic mass is 9.82. The summed E-state index contributed by atoms with van der Waals surface area (Å²) < 4.78 is 98.5. The van der Waals surface area contributed by atoms with E-state index < -0.39 is 81.5 Å². The molecule has 0 saturated heterocycles. The summed E-state index contributed by atoms with van der Waals surface area (Å²) in [6, 6.07) is 0. The van der Waals surface area contributed by atoms with Gasteiger partial charge in [0.25, 0.3) is 11.8 Å². The van der Waals surface area contributed by atoms with E-state index in [2.05, 4.69) is 27.4 Å². The zero-order valence-corrected chi connectivity index (χ0v) is 34.6. The Kier molecular flexibility index (Phi) is 8.55. The summed E-state index contributed by atoms with van der Waals surface area (Å²) >= 11 is 1.97. The van der Waals surface area contributed by atoms with E-state index in [1.807, 2.05) is 22.6 Å². The number of alkyl halides is 6. The van der Waals surface area contributed by atoms with Crippen molar-refractivity contribution in [1.29, 1.82) is 0 Å². The van der Waals surface area contributed by atoms with Gasteiger partial charge in [0.05, 0.1) is 34.1 Å². The number of amides is 1. The van der Waals surface area contributed by atoms with Crippen LogP contribution in [0.15, 0.2) is 23.0 Å². The second-order valence-corrected chi connectivity index (χ2v) is 19.1. The van der Waals surface area contributed by atoms with Crippen molar-refractivity contribution in [3.8, 4) is 11.8 Å². The maximum Gasteiger partial charge on any atom is 0.304 e. The molecule has 5 aliphatic rings. The van der Waals surface area contributed by atoms with Gasteiger partial charge in [-0.05, 0) is 96.2 Å². The summed E-state index contributed by atoms with van der Waals surface area (Å²) in [6.07, 6.45) is 1.89. The molecule has 2 heterocycles. The molecule has 1 unspecified atom stereocenters. The smallest absolute Gasteiger partial charge is 0.304 e. The van der Waals surface area contributed by atoms with Gasteiger partial charge in [-0.2, -0.15) is 36.5 Å². The number of carbonyl (C=O) groups excluding carboxylic acids is 1. The second-order valence-electron chi connectivity index (χ2n) is 18.1. The minimum absolute atomic E-state index is 0.0480. The van der Waals surface area contributed by atoms with Gasteiger partial charge in [-0.25, -0.2) is 5.84 Å². The van der Waals surface area contributed by atoms with Gasteiger partial charge >= 0.3 is 5.92 Å². The highest BCUT2D eigenvalue weighted by atomic mass is 127. The molecule has 15 heteroatoms. The normalized spacial score (nSPS) is 29.1. The first-order valence-corrected chi connectivity index (χ1v) is 19.6. The summed E-state index contributed by atoms with van der Waals surface area (Å²) in [7, 11) is 0. The van der Waals surface area contributed by atoms with Crippen LogP contribution in [-0.2, 0) is 34.1 Å². The van der Waals surface area contributed by atoms with Crippen LogP contribution < -0.4 is 11.2 Å². The minimum atomic E-state index is -3.45. The summed E-state index contributed by atoms with van der Waals surface area (Å²) in [6.45, 7) is 18.3. The Bertz CT molecular complexity index is 2090. The molecule has 1 fully saturated rings. The maximum atomic E-state index is 16.5. The molecule has 294 valence electrons. The fourth-order valence-electron chi connectivity index (χ4n) is 8.91. The Balaban J connectivity index is 1.22. The Morgan fingerprint density at radius 3 is 2.17 bits per heavy atom. The quantitative estimate of drug-likeness (QED) is 0.0872. The average Bonchev–Trinajstić information content (AvgIpc) is 3.41. The first-order chi connectivity index (χ1) is 24.6. The van der Waals surface area contributed by atoms with Crippen molar-refractivity contribution in [3.05, 3.63) is 55.0 Å². The fourth-order valence-corrected chi connectivity index (χ4v) is 9.78. The van der Waals surface area contributed by atoms with Gasteiger partial charge in [-0.3, -0.25) is 14.2 Å². The largest absolute Gasteiger partial charge is 0.326 e. The van der Waals surface area contributed by atoms with E-state index in [0.29, 0.717) is 26.9 Å². The third kappa shape index (κ3) is 5.22. The first-order valence-electron chi connectivity index (χ1n) is 18.5. The predicted molar refractivity (Wildman–Crippen MR) is 199 cm³/mol. The number of aromatic nitrogens is 4. The number of hydrazine groups is 1. The number of halogens is 7. The summed E-state index contributed by atoms with van der Waals surface area (Å²) in [5.41, 5.74) is -2.72. The molecule has 2 aromatic rings. The molecule has 2 aromatic heterocycles. The number of hydrogen-bond donors (Lipinski definition) is 2. The van der Waals surface area contributed by atoms with Crippen LogP contribution in [0.2, 0.25) is 0 Å². The van der Waals surface area contributed by atoms with Gasteiger partial charge < -0.3 is 10.3 Å². The van der Waals surface area contributed by atoms with E-state index >= 15 is 26.3 Å². The molecule has 5 aliphatic carbocycles. The number of rotatable bonds is 9. The lowest BCUT2D eigenvalue weighted by Gasteiger charge is -2.40. The highest BCUT2D eigenvalue weighted by Gasteiger charge is 2.67. The number of nitrogens with two attached hydrogens (primary N) is 1. The van der Waals surface area contributed by atoms with Crippen LogP contribution in [0.1, 0.15) is 123 Å². The van der Waals surface area contributed by atoms with E-state index in [9.17, 15) is 4.79 Å². The number of nitrogens with one attached hydrogen (secondary N) is 1. The minimum Gasteiger partial charge on any atom is -0.326 e. The van der Waals surface area contributed by atoms with E-state index in [4.69, 9.17) is 5.84 Å². The lowest BCUT2D eigenvalue weighted by molar-refractivity contribution is -0.127. The molecule has 0 spiro atoms. The number of carbonyl (C=O) groups is 1. The van der Waals surface area contributed by atoms with Crippen LogP contribution in [0.25, 0.3) is 0 Å². The summed E-state index contributed by atoms with van der Waals surface area (Å²) in [4.78, 5) is 14.1. The van der Waals surface area contributed by atoms with Gasteiger partial charge in [0, 0.05) is 40.7 Å². The van der Waals surface area contributed by atoms with Gasteiger partial charge in [0.2, 0.25) is 5.91 Å². The van der Waals surface area contributed by atoms with E-state index in [1.54, 1.807) is 69.2 Å². The maximum absolute atomic E-state index is 16.5. The van der Waals surface area contributed by atoms with Crippen LogP contribution in [0, 0.1) is 45.1 Å². The molecule has 1 amide bonds. The van der Waals surface area contributed by atoms with Crippen molar-refractivity contribution in [3.63, 3.8) is 0 Å². The van der Waals surface area contributed by atoms with Crippen molar-refractivity contribution >= 4 is 28.5 Å². The molecule has 3 N–H and O–H groups in total. The molecule has 8 nitrogen and oxygen atoms in total. The molecular formula is C39H48F6IN7O. The van der Waals surface area contributed by atoms with Crippen LogP contribution in [0.4, 0.5) is 26.3 Å². The van der Waals surface area contributed by atoms with E-state index in [1.165, 1.54) is 22.4 Å². The average molecular weight is 872 g/mol. The zero-order chi connectivity index (χ0) is 40.2. The molecule has 7 atom stereocenters. The number of allylic oxidation sites excluding steroid dienone is 3. The topological polar surface area (TPSA) is 94.0 Å². The Labute approximate surface area is 325 Å². The van der Waals surface area contributed by atoms with Crippen molar-refractivity contribution < 1.29 is 31.1 Å². The van der Waals surface area contributed by atoms with Crippen molar-refractivity contribution in [2.24, 2.45) is 35.4 Å². The lowest BCUT2D eigenvalue weighted by Crippen LogP contribution is -2.53. The van der Waals surface area contributed by atoms with Crippen LogP contribution in [0.3, 0.4) is 0 Å². The number of hydrogen-bond acceptors (Lipinski definition) is 5. The van der Waals surface area contributed by atoms with E-state index in [0.717, 1.165) is 5.01 Å². The number of fused-ring (bicyclic) bond motifs is 6. The van der Waals surface area contributed by atoms with Crippen LogP contribution in [-0.4, -0.2) is 41.9 Å². The molecule has 0 aliphatic heterocycles. The van der Waals surface area contributed by atoms with Crippen LogP contribution >= 0.6 is 22.6 Å². The van der Waals surface area contributed by atoms with Gasteiger partial charge in [-0.1, -0.05) is 38.7 Å². The molecule has 7 rings (SSSR count). The van der Waals surface area contributed by atoms with Crippen LogP contribution in [0.5, 0.6) is 0 Å². The van der Waals surface area contributed by atoms with Crippen molar-refractivity contribution in [2.75, 3.05) is 0 Å². The third-order valence-electron chi connectivity index (χ3n) is 12.9. The molecule has 1 saturated carbocycles. The van der Waals surface area contributed by atoms with Crippen molar-refractivity contribution in [1.82, 2.24) is 29.9 Å². The summed E-state index contributed by atoms with van der Waals surface area (Å²) in [5.74, 6) is -3.91. The fraction of sp³-hybridized carbons (Fsp3) is 0.667. The Morgan fingerprint density at radius 2 is 1.61 bits per heavy atom. The highest BCUT2D eigenvalue weighted by molar-refractivity contribution is 14.1.